The van der Waals surface area contributed by atoms with Crippen LogP contribution in [0.3, 0.4) is 0 Å². The first-order chi connectivity index (χ1) is 5.36. The zero-order chi connectivity index (χ0) is 7.42. The third-order valence-electron chi connectivity index (χ3n) is 3.97. The van der Waals surface area contributed by atoms with Gasteiger partial charge in [-0.05, 0) is 42.9 Å². The highest BCUT2D eigenvalue weighted by atomic mass is 16.3. The lowest BCUT2D eigenvalue weighted by molar-refractivity contribution is 0.105. The summed E-state index contributed by atoms with van der Waals surface area (Å²) in [6.45, 7) is 0. The Kier molecular flexibility index (Phi) is 1.07. The smallest absolute Gasteiger partial charge is 0.0757 e. The van der Waals surface area contributed by atoms with Crippen molar-refractivity contribution in [2.45, 2.75) is 25.4 Å². The molecule has 1 heteroatoms. The highest BCUT2D eigenvalue weighted by molar-refractivity contribution is 5.16. The summed E-state index contributed by atoms with van der Waals surface area (Å²) in [6.07, 6.45) is 8.37. The number of hydrogen-bond donors (Lipinski definition) is 1. The van der Waals surface area contributed by atoms with Crippen LogP contribution in [0, 0.1) is 23.7 Å². The maximum Gasteiger partial charge on any atom is 0.0757 e. The lowest BCUT2D eigenvalue weighted by Crippen LogP contribution is -2.25. The van der Waals surface area contributed by atoms with E-state index in [2.05, 4.69) is 6.08 Å². The molecule has 11 heavy (non-hydrogen) atoms. The number of rotatable bonds is 0. The molecule has 60 valence electrons. The van der Waals surface area contributed by atoms with E-state index in [1.54, 1.807) is 0 Å². The van der Waals surface area contributed by atoms with Crippen molar-refractivity contribution in [1.82, 2.24) is 0 Å². The van der Waals surface area contributed by atoms with E-state index in [0.29, 0.717) is 5.92 Å². The summed E-state index contributed by atoms with van der Waals surface area (Å²) in [5.74, 6) is 3.16. The molecule has 5 atom stereocenters. The van der Waals surface area contributed by atoms with Crippen LogP contribution in [0.5, 0.6) is 0 Å². The Bertz CT molecular complexity index is 209. The van der Waals surface area contributed by atoms with Gasteiger partial charge in [-0.1, -0.05) is 12.2 Å². The normalized spacial score (nSPS) is 58.8. The van der Waals surface area contributed by atoms with Crippen LogP contribution in [-0.4, -0.2) is 11.2 Å². The van der Waals surface area contributed by atoms with Crippen molar-refractivity contribution in [2.24, 2.45) is 23.7 Å². The predicted molar refractivity (Wildman–Crippen MR) is 43.0 cm³/mol. The molecule has 2 bridgehead atoms. The topological polar surface area (TPSA) is 20.2 Å². The number of aliphatic hydroxyl groups is 1. The highest BCUT2D eigenvalue weighted by Gasteiger charge is 2.50. The first-order valence-electron chi connectivity index (χ1n) is 4.72. The van der Waals surface area contributed by atoms with Gasteiger partial charge in [0.25, 0.3) is 0 Å². The molecule has 0 spiro atoms. The van der Waals surface area contributed by atoms with Crippen molar-refractivity contribution in [2.75, 3.05) is 0 Å². The van der Waals surface area contributed by atoms with Gasteiger partial charge in [0, 0.05) is 0 Å². The Labute approximate surface area is 67.1 Å². The van der Waals surface area contributed by atoms with Gasteiger partial charge < -0.3 is 5.11 Å². The van der Waals surface area contributed by atoms with Crippen LogP contribution in [0.4, 0.5) is 0 Å². The molecule has 3 aliphatic rings. The Morgan fingerprint density at radius 1 is 1.09 bits per heavy atom. The van der Waals surface area contributed by atoms with Gasteiger partial charge in [0.15, 0.2) is 0 Å². The minimum Gasteiger partial charge on any atom is -0.389 e. The van der Waals surface area contributed by atoms with E-state index in [-0.39, 0.29) is 6.10 Å². The molecule has 3 rings (SSSR count). The molecule has 2 saturated carbocycles. The Morgan fingerprint density at radius 2 is 1.91 bits per heavy atom. The van der Waals surface area contributed by atoms with Crippen molar-refractivity contribution in [1.29, 1.82) is 0 Å². The third kappa shape index (κ3) is 0.652. The first kappa shape index (κ1) is 6.24. The fourth-order valence-electron chi connectivity index (χ4n) is 3.54. The molecule has 0 radical (unpaired) electrons. The van der Waals surface area contributed by atoms with Gasteiger partial charge >= 0.3 is 0 Å². The second kappa shape index (κ2) is 1.89. The number of allylic oxidation sites excluding steroid dienone is 1. The van der Waals surface area contributed by atoms with E-state index >= 15 is 0 Å². The van der Waals surface area contributed by atoms with Crippen molar-refractivity contribution in [3.05, 3.63) is 12.2 Å². The third-order valence-corrected chi connectivity index (χ3v) is 3.97. The molecular weight excluding hydrogens is 136 g/mol. The summed E-state index contributed by atoms with van der Waals surface area (Å²) in [4.78, 5) is 0. The molecule has 1 N–H and O–H groups in total. The summed E-state index contributed by atoms with van der Waals surface area (Å²) >= 11 is 0. The Balaban J connectivity index is 1.96. The standard InChI is InChI=1S/C10H14O/c11-9-4-3-8-6-1-2-7(5-6)10(8)9/h3-4,6-11H,1-2,5H2/t6?,7?,8?,9-,10?/m1/s1. The Morgan fingerprint density at radius 3 is 2.73 bits per heavy atom. The SMILES string of the molecule is O[C@@H]1C=CC2C3CCC(C3)C21. The molecule has 3 aliphatic carbocycles. The van der Waals surface area contributed by atoms with E-state index in [1.165, 1.54) is 19.3 Å². The van der Waals surface area contributed by atoms with Gasteiger partial charge in [-0.25, -0.2) is 0 Å². The van der Waals surface area contributed by atoms with Crippen LogP contribution in [0.1, 0.15) is 19.3 Å². The quantitative estimate of drug-likeness (QED) is 0.520. The average molecular weight is 150 g/mol. The van der Waals surface area contributed by atoms with E-state index in [1.807, 2.05) is 6.08 Å². The Hall–Kier alpha value is -0.300. The molecule has 0 saturated heterocycles. The molecule has 1 nitrogen and oxygen atoms in total. The second-order valence-corrected chi connectivity index (χ2v) is 4.36. The minimum atomic E-state index is -0.102. The van der Waals surface area contributed by atoms with Gasteiger partial charge in [-0.2, -0.15) is 0 Å². The summed E-state index contributed by atoms with van der Waals surface area (Å²) in [5.41, 5.74) is 0. The van der Waals surface area contributed by atoms with Crippen LogP contribution in [0.15, 0.2) is 12.2 Å². The van der Waals surface area contributed by atoms with Crippen LogP contribution in [-0.2, 0) is 0 Å². The summed E-state index contributed by atoms with van der Waals surface area (Å²) in [7, 11) is 0. The monoisotopic (exact) mass is 150 g/mol. The van der Waals surface area contributed by atoms with Gasteiger partial charge in [0.05, 0.1) is 6.10 Å². The molecular formula is C10H14O. The van der Waals surface area contributed by atoms with E-state index < -0.39 is 0 Å². The zero-order valence-electron chi connectivity index (χ0n) is 6.61. The lowest BCUT2D eigenvalue weighted by Gasteiger charge is -2.26. The van der Waals surface area contributed by atoms with Gasteiger partial charge in [0.2, 0.25) is 0 Å². The molecule has 0 aromatic carbocycles. The van der Waals surface area contributed by atoms with Crippen molar-refractivity contribution in [3.63, 3.8) is 0 Å². The van der Waals surface area contributed by atoms with Gasteiger partial charge in [-0.15, -0.1) is 0 Å². The molecule has 4 unspecified atom stereocenters. The van der Waals surface area contributed by atoms with Crippen molar-refractivity contribution < 1.29 is 5.11 Å². The zero-order valence-corrected chi connectivity index (χ0v) is 6.61. The van der Waals surface area contributed by atoms with Crippen LogP contribution in [0.2, 0.25) is 0 Å². The van der Waals surface area contributed by atoms with Crippen LogP contribution >= 0.6 is 0 Å². The van der Waals surface area contributed by atoms with Crippen molar-refractivity contribution in [3.8, 4) is 0 Å². The molecule has 0 aliphatic heterocycles. The molecule has 0 aromatic heterocycles. The largest absolute Gasteiger partial charge is 0.389 e. The summed E-state index contributed by atoms with van der Waals surface area (Å²) < 4.78 is 0. The molecule has 0 heterocycles. The average Bonchev–Trinajstić information content (AvgIpc) is 2.60. The number of aliphatic hydroxyl groups excluding tert-OH is 1. The maximum atomic E-state index is 9.63. The second-order valence-electron chi connectivity index (χ2n) is 4.36. The maximum absolute atomic E-state index is 9.63. The van der Waals surface area contributed by atoms with Crippen LogP contribution < -0.4 is 0 Å². The summed E-state index contributed by atoms with van der Waals surface area (Å²) in [5, 5.41) is 9.63. The lowest BCUT2D eigenvalue weighted by atomic mass is 9.80. The van der Waals surface area contributed by atoms with Gasteiger partial charge in [0.1, 0.15) is 0 Å². The van der Waals surface area contributed by atoms with Crippen LogP contribution in [0.25, 0.3) is 0 Å². The minimum absolute atomic E-state index is 0.102. The number of fused-ring (bicyclic) bond motifs is 5. The van der Waals surface area contributed by atoms with Gasteiger partial charge in [-0.3, -0.25) is 0 Å². The highest BCUT2D eigenvalue weighted by Crippen LogP contribution is 2.56. The fraction of sp³-hybridized carbons (Fsp3) is 0.800. The molecule has 0 amide bonds. The molecule has 0 aromatic rings. The van der Waals surface area contributed by atoms with E-state index in [4.69, 9.17) is 0 Å². The predicted octanol–water partition coefficient (Wildman–Crippen LogP) is 1.58. The first-order valence-corrected chi connectivity index (χ1v) is 4.72. The van der Waals surface area contributed by atoms with E-state index in [0.717, 1.165) is 17.8 Å². The van der Waals surface area contributed by atoms with E-state index in [9.17, 15) is 5.11 Å². The summed E-state index contributed by atoms with van der Waals surface area (Å²) in [6, 6.07) is 0. The molecule has 2 fully saturated rings. The van der Waals surface area contributed by atoms with Crippen molar-refractivity contribution >= 4 is 0 Å². The number of hydrogen-bond acceptors (Lipinski definition) is 1. The fourth-order valence-corrected chi connectivity index (χ4v) is 3.54.